The Hall–Kier alpha value is -0.380. The fourth-order valence-electron chi connectivity index (χ4n) is 3.41. The van der Waals surface area contributed by atoms with Crippen LogP contribution in [0, 0.1) is 5.92 Å². The Labute approximate surface area is 121 Å². The zero-order valence-corrected chi connectivity index (χ0v) is 12.8. The van der Waals surface area contributed by atoms with E-state index in [2.05, 4.69) is 34.7 Å². The molecule has 2 atom stereocenters. The predicted octanol–water partition coefficient (Wildman–Crippen LogP) is 3.66. The van der Waals surface area contributed by atoms with Crippen LogP contribution < -0.4 is 5.32 Å². The zero-order chi connectivity index (χ0) is 13.1. The van der Waals surface area contributed by atoms with Crippen molar-refractivity contribution in [2.24, 2.45) is 5.92 Å². The van der Waals surface area contributed by atoms with Crippen molar-refractivity contribution in [1.82, 2.24) is 10.2 Å². The van der Waals surface area contributed by atoms with E-state index >= 15 is 0 Å². The first-order valence-corrected chi connectivity index (χ1v) is 8.77. The third kappa shape index (κ3) is 3.39. The van der Waals surface area contributed by atoms with Crippen LogP contribution >= 0.6 is 11.3 Å². The van der Waals surface area contributed by atoms with Crippen molar-refractivity contribution in [2.75, 3.05) is 19.6 Å². The molecule has 1 saturated heterocycles. The van der Waals surface area contributed by atoms with Gasteiger partial charge < -0.3 is 5.32 Å². The summed E-state index contributed by atoms with van der Waals surface area (Å²) in [5, 5.41) is 5.91. The van der Waals surface area contributed by atoms with Gasteiger partial charge in [-0.3, -0.25) is 4.90 Å². The summed E-state index contributed by atoms with van der Waals surface area (Å²) >= 11 is 1.95. The normalized spacial score (nSPS) is 25.1. The van der Waals surface area contributed by atoms with Crippen LogP contribution in [0.4, 0.5) is 0 Å². The number of rotatable bonds is 7. The van der Waals surface area contributed by atoms with Crippen molar-refractivity contribution in [3.63, 3.8) is 0 Å². The van der Waals surface area contributed by atoms with E-state index in [1.54, 1.807) is 4.88 Å². The Morgan fingerprint density at radius 3 is 2.89 bits per heavy atom. The minimum atomic E-state index is 0.697. The third-order valence-corrected chi connectivity index (χ3v) is 5.37. The smallest absolute Gasteiger partial charge is 0.0470 e. The quantitative estimate of drug-likeness (QED) is 0.819. The van der Waals surface area contributed by atoms with Gasteiger partial charge in [0.25, 0.3) is 0 Å². The molecule has 1 aliphatic heterocycles. The summed E-state index contributed by atoms with van der Waals surface area (Å²) in [7, 11) is 0. The van der Waals surface area contributed by atoms with Gasteiger partial charge in [0.2, 0.25) is 0 Å². The number of thiophene rings is 1. The van der Waals surface area contributed by atoms with Crippen LogP contribution in [0.1, 0.15) is 49.9 Å². The molecule has 2 fully saturated rings. The van der Waals surface area contributed by atoms with E-state index in [0.29, 0.717) is 6.04 Å². The second-order valence-electron chi connectivity index (χ2n) is 6.09. The second-order valence-corrected chi connectivity index (χ2v) is 7.07. The summed E-state index contributed by atoms with van der Waals surface area (Å²) in [6.07, 6.45) is 6.85. The van der Waals surface area contributed by atoms with Crippen molar-refractivity contribution in [3.8, 4) is 0 Å². The number of nitrogens with one attached hydrogen (secondary N) is 1. The highest BCUT2D eigenvalue weighted by molar-refractivity contribution is 7.10. The largest absolute Gasteiger partial charge is 0.313 e. The molecule has 3 heteroatoms. The molecule has 2 heterocycles. The van der Waals surface area contributed by atoms with E-state index < -0.39 is 0 Å². The first-order chi connectivity index (χ1) is 9.38. The van der Waals surface area contributed by atoms with Crippen molar-refractivity contribution >= 4 is 11.3 Å². The molecule has 0 radical (unpaired) electrons. The van der Waals surface area contributed by atoms with Gasteiger partial charge in [-0.05, 0) is 62.6 Å². The molecule has 2 nitrogen and oxygen atoms in total. The maximum atomic E-state index is 3.67. The minimum Gasteiger partial charge on any atom is -0.313 e. The van der Waals surface area contributed by atoms with Gasteiger partial charge >= 0.3 is 0 Å². The van der Waals surface area contributed by atoms with Gasteiger partial charge in [0.1, 0.15) is 0 Å². The summed E-state index contributed by atoms with van der Waals surface area (Å²) in [4.78, 5) is 4.36. The lowest BCUT2D eigenvalue weighted by Crippen LogP contribution is -2.40. The summed E-state index contributed by atoms with van der Waals surface area (Å²) in [5.74, 6) is 0.923. The molecule has 1 saturated carbocycles. The predicted molar refractivity (Wildman–Crippen MR) is 82.7 cm³/mol. The Morgan fingerprint density at radius 2 is 2.32 bits per heavy atom. The van der Waals surface area contributed by atoms with Crippen LogP contribution in [0.2, 0.25) is 0 Å². The maximum Gasteiger partial charge on any atom is 0.0470 e. The molecule has 3 rings (SSSR count). The molecule has 106 valence electrons. The molecule has 2 aliphatic rings. The average molecular weight is 278 g/mol. The number of nitrogens with zero attached hydrogens (tertiary/aromatic N) is 1. The van der Waals surface area contributed by atoms with Gasteiger partial charge in [-0.1, -0.05) is 13.0 Å². The highest BCUT2D eigenvalue weighted by atomic mass is 32.1. The molecule has 1 aromatic heterocycles. The standard InChI is InChI=1S/C16H26N2S/c1-2-10-18(12-14-5-3-9-17-14)16(13-7-8-13)15-6-4-11-19-15/h4,6,11,13-14,16-17H,2-3,5,7-10,12H2,1H3. The van der Waals surface area contributed by atoms with Gasteiger partial charge in [0, 0.05) is 23.5 Å². The van der Waals surface area contributed by atoms with Crippen LogP contribution in [0.5, 0.6) is 0 Å². The van der Waals surface area contributed by atoms with Gasteiger partial charge in [0.05, 0.1) is 0 Å². The molecular weight excluding hydrogens is 252 g/mol. The van der Waals surface area contributed by atoms with Crippen LogP contribution in [0.15, 0.2) is 17.5 Å². The average Bonchev–Trinajstić information content (AvgIpc) is 2.91. The Bertz CT molecular complexity index is 366. The fourth-order valence-corrected chi connectivity index (χ4v) is 4.36. The minimum absolute atomic E-state index is 0.697. The lowest BCUT2D eigenvalue weighted by Gasteiger charge is -2.33. The highest BCUT2D eigenvalue weighted by Gasteiger charge is 2.37. The lowest BCUT2D eigenvalue weighted by molar-refractivity contribution is 0.165. The highest BCUT2D eigenvalue weighted by Crippen LogP contribution is 2.46. The fraction of sp³-hybridized carbons (Fsp3) is 0.750. The maximum absolute atomic E-state index is 3.67. The molecule has 1 aliphatic carbocycles. The summed E-state index contributed by atoms with van der Waals surface area (Å²) in [5.41, 5.74) is 0. The van der Waals surface area contributed by atoms with E-state index in [9.17, 15) is 0 Å². The third-order valence-electron chi connectivity index (χ3n) is 4.42. The Balaban J connectivity index is 1.71. The summed E-state index contributed by atoms with van der Waals surface area (Å²) < 4.78 is 0. The van der Waals surface area contributed by atoms with Crippen molar-refractivity contribution in [2.45, 2.75) is 51.1 Å². The van der Waals surface area contributed by atoms with Gasteiger partial charge in [-0.15, -0.1) is 11.3 Å². The molecule has 0 aromatic carbocycles. The van der Waals surface area contributed by atoms with Crippen molar-refractivity contribution < 1.29 is 0 Å². The summed E-state index contributed by atoms with van der Waals surface area (Å²) in [6.45, 7) is 6.02. The topological polar surface area (TPSA) is 15.3 Å². The molecule has 19 heavy (non-hydrogen) atoms. The number of hydrogen-bond donors (Lipinski definition) is 1. The monoisotopic (exact) mass is 278 g/mol. The van der Waals surface area contributed by atoms with Gasteiger partial charge in [-0.25, -0.2) is 0 Å². The molecule has 0 spiro atoms. The van der Waals surface area contributed by atoms with Gasteiger partial charge in [-0.2, -0.15) is 0 Å². The first-order valence-electron chi connectivity index (χ1n) is 7.89. The first kappa shape index (κ1) is 13.6. The van der Waals surface area contributed by atoms with E-state index in [1.165, 1.54) is 51.7 Å². The van der Waals surface area contributed by atoms with Crippen LogP contribution in [-0.2, 0) is 0 Å². The van der Waals surface area contributed by atoms with E-state index in [1.807, 2.05) is 11.3 Å². The Morgan fingerprint density at radius 1 is 1.42 bits per heavy atom. The van der Waals surface area contributed by atoms with Crippen LogP contribution in [0.3, 0.4) is 0 Å². The zero-order valence-electron chi connectivity index (χ0n) is 12.0. The van der Waals surface area contributed by atoms with Crippen molar-refractivity contribution in [1.29, 1.82) is 0 Å². The van der Waals surface area contributed by atoms with Crippen molar-refractivity contribution in [3.05, 3.63) is 22.4 Å². The molecule has 0 amide bonds. The molecule has 0 bridgehead atoms. The van der Waals surface area contributed by atoms with E-state index in [0.717, 1.165) is 12.0 Å². The second kappa shape index (κ2) is 6.38. The van der Waals surface area contributed by atoms with Gasteiger partial charge in [0.15, 0.2) is 0 Å². The molecule has 1 aromatic rings. The number of hydrogen-bond acceptors (Lipinski definition) is 3. The molecule has 1 N–H and O–H groups in total. The SMILES string of the molecule is CCCN(CC1CCCN1)C(c1cccs1)C1CC1. The van der Waals surface area contributed by atoms with Crippen LogP contribution in [0.25, 0.3) is 0 Å². The molecule has 2 unspecified atom stereocenters. The van der Waals surface area contributed by atoms with E-state index in [-0.39, 0.29) is 0 Å². The molecular formula is C16H26N2S. The lowest BCUT2D eigenvalue weighted by atomic mass is 10.1. The Kier molecular flexibility index (Phi) is 4.57. The van der Waals surface area contributed by atoms with Crippen LogP contribution in [-0.4, -0.2) is 30.6 Å². The van der Waals surface area contributed by atoms with E-state index in [4.69, 9.17) is 0 Å². The summed E-state index contributed by atoms with van der Waals surface area (Å²) in [6, 6.07) is 5.99.